The molecule has 1 heterocycles. The summed E-state index contributed by atoms with van der Waals surface area (Å²) >= 11 is 1.61. The fourth-order valence-corrected chi connectivity index (χ4v) is 2.76. The van der Waals surface area contributed by atoms with Gasteiger partial charge in [0.1, 0.15) is 5.82 Å². The maximum atomic E-state index is 13.6. The number of aliphatic imine (C=N–C) groups is 1. The lowest BCUT2D eigenvalue weighted by molar-refractivity contribution is 0.616. The third kappa shape index (κ3) is 5.19. The van der Waals surface area contributed by atoms with Crippen molar-refractivity contribution in [3.8, 4) is 0 Å². The zero-order valence-electron chi connectivity index (χ0n) is 14.6. The topological polar surface area (TPSA) is 52.6 Å². The first-order chi connectivity index (χ1) is 11.5. The molecule has 2 N–H and O–H groups in total. The molecule has 24 heavy (non-hydrogen) atoms. The third-order valence-corrected chi connectivity index (χ3v) is 4.42. The molecule has 0 bridgehead atoms. The molecule has 0 saturated carbocycles. The van der Waals surface area contributed by atoms with Crippen molar-refractivity contribution in [3.63, 3.8) is 0 Å². The smallest absolute Gasteiger partial charge is 0.191 e. The minimum Gasteiger partial charge on any atom is -0.357 e. The number of hydrogen-bond donors (Lipinski definition) is 2. The Labute approximate surface area is 146 Å². The van der Waals surface area contributed by atoms with E-state index in [1.165, 1.54) is 6.07 Å². The van der Waals surface area contributed by atoms with Gasteiger partial charge in [0.15, 0.2) is 11.1 Å². The number of nitrogens with zero attached hydrogens (tertiary/aromatic N) is 3. The molecule has 1 aromatic carbocycles. The Morgan fingerprint density at radius 3 is 2.75 bits per heavy atom. The number of hydrogen-bond acceptors (Lipinski definition) is 4. The molecule has 7 heteroatoms. The molecule has 130 valence electrons. The average Bonchev–Trinajstić information content (AvgIpc) is 3.02. The predicted molar refractivity (Wildman–Crippen MR) is 99.2 cm³/mol. The number of rotatable bonds is 6. The number of aryl methyl sites for hydroxylation is 1. The van der Waals surface area contributed by atoms with E-state index in [0.717, 1.165) is 22.9 Å². The molecule has 0 unspecified atom stereocenters. The standard InChI is InChI=1S/C17H24FN5S/c1-5-19-16(20-9-13-7-6-12(2)15(18)8-13)21-10-14-11-24-17(22-14)23(3)4/h6-8,11H,5,9-10H2,1-4H3,(H2,19,20,21). The molecule has 0 aliphatic heterocycles. The highest BCUT2D eigenvalue weighted by atomic mass is 32.1. The molecule has 2 rings (SSSR count). The van der Waals surface area contributed by atoms with Crippen molar-refractivity contribution in [3.05, 3.63) is 46.2 Å². The highest BCUT2D eigenvalue weighted by molar-refractivity contribution is 7.13. The van der Waals surface area contributed by atoms with Gasteiger partial charge in [0.05, 0.1) is 18.8 Å². The van der Waals surface area contributed by atoms with Gasteiger partial charge in [0.25, 0.3) is 0 Å². The average molecular weight is 349 g/mol. The van der Waals surface area contributed by atoms with Gasteiger partial charge in [0, 0.05) is 26.0 Å². The number of nitrogens with one attached hydrogen (secondary N) is 2. The van der Waals surface area contributed by atoms with Crippen LogP contribution in [0.15, 0.2) is 28.6 Å². The summed E-state index contributed by atoms with van der Waals surface area (Å²) in [7, 11) is 3.95. The minimum atomic E-state index is -0.195. The van der Waals surface area contributed by atoms with E-state index in [0.29, 0.717) is 24.6 Å². The number of aromatic nitrogens is 1. The first-order valence-corrected chi connectivity index (χ1v) is 8.76. The second-order valence-electron chi connectivity index (χ2n) is 5.65. The van der Waals surface area contributed by atoms with Crippen LogP contribution >= 0.6 is 11.3 Å². The SMILES string of the molecule is CCNC(=NCc1ccc(C)c(F)c1)NCc1csc(N(C)C)n1. The Hall–Kier alpha value is -2.15. The van der Waals surface area contributed by atoms with Crippen molar-refractivity contribution in [2.45, 2.75) is 26.9 Å². The summed E-state index contributed by atoms with van der Waals surface area (Å²) in [4.78, 5) is 11.0. The number of guanidine groups is 1. The van der Waals surface area contributed by atoms with E-state index in [9.17, 15) is 4.39 Å². The predicted octanol–water partition coefficient (Wildman–Crippen LogP) is 2.91. The van der Waals surface area contributed by atoms with Gasteiger partial charge < -0.3 is 15.5 Å². The van der Waals surface area contributed by atoms with Crippen molar-refractivity contribution >= 4 is 22.4 Å². The maximum absolute atomic E-state index is 13.6. The van der Waals surface area contributed by atoms with Crippen molar-refractivity contribution in [2.24, 2.45) is 4.99 Å². The minimum absolute atomic E-state index is 0.195. The van der Waals surface area contributed by atoms with Crippen LogP contribution in [0.2, 0.25) is 0 Å². The summed E-state index contributed by atoms with van der Waals surface area (Å²) in [5, 5.41) is 9.45. The Bertz CT molecular complexity index is 696. The third-order valence-electron chi connectivity index (χ3n) is 3.36. The highest BCUT2D eigenvalue weighted by Gasteiger charge is 2.05. The molecule has 0 aliphatic rings. The second-order valence-corrected chi connectivity index (χ2v) is 6.48. The molecule has 0 spiro atoms. The van der Waals surface area contributed by atoms with Crippen LogP contribution in [0.25, 0.3) is 0 Å². The van der Waals surface area contributed by atoms with Gasteiger partial charge in [-0.15, -0.1) is 11.3 Å². The largest absolute Gasteiger partial charge is 0.357 e. The number of anilines is 1. The number of halogens is 1. The van der Waals surface area contributed by atoms with Crippen LogP contribution in [0.3, 0.4) is 0 Å². The van der Waals surface area contributed by atoms with Gasteiger partial charge in [0.2, 0.25) is 0 Å². The molecular weight excluding hydrogens is 325 g/mol. The Morgan fingerprint density at radius 1 is 1.33 bits per heavy atom. The molecule has 5 nitrogen and oxygen atoms in total. The van der Waals surface area contributed by atoms with Gasteiger partial charge in [-0.2, -0.15) is 0 Å². The van der Waals surface area contributed by atoms with Crippen molar-refractivity contribution < 1.29 is 4.39 Å². The van der Waals surface area contributed by atoms with Crippen LogP contribution in [0.5, 0.6) is 0 Å². The zero-order valence-corrected chi connectivity index (χ0v) is 15.4. The van der Waals surface area contributed by atoms with Crippen LogP contribution in [0, 0.1) is 12.7 Å². The van der Waals surface area contributed by atoms with Crippen LogP contribution < -0.4 is 15.5 Å². The molecule has 0 aliphatic carbocycles. The molecule has 0 amide bonds. The van der Waals surface area contributed by atoms with Crippen molar-refractivity contribution in [1.82, 2.24) is 15.6 Å². The summed E-state index contributed by atoms with van der Waals surface area (Å²) in [6, 6.07) is 5.21. The first kappa shape index (κ1) is 18.2. The van der Waals surface area contributed by atoms with Crippen LogP contribution in [-0.4, -0.2) is 31.6 Å². The molecule has 2 aromatic rings. The number of benzene rings is 1. The molecular formula is C17H24FN5S. The first-order valence-electron chi connectivity index (χ1n) is 7.88. The molecule has 0 radical (unpaired) electrons. The van der Waals surface area contributed by atoms with Gasteiger partial charge in [-0.05, 0) is 31.0 Å². The maximum Gasteiger partial charge on any atom is 0.191 e. The summed E-state index contributed by atoms with van der Waals surface area (Å²) in [5.74, 6) is 0.497. The van der Waals surface area contributed by atoms with Gasteiger partial charge in [-0.25, -0.2) is 14.4 Å². The molecule has 0 atom stereocenters. The van der Waals surface area contributed by atoms with Gasteiger partial charge >= 0.3 is 0 Å². The van der Waals surface area contributed by atoms with Crippen LogP contribution in [0.1, 0.15) is 23.7 Å². The van der Waals surface area contributed by atoms with E-state index < -0.39 is 0 Å². The van der Waals surface area contributed by atoms with E-state index >= 15 is 0 Å². The van der Waals surface area contributed by atoms with Gasteiger partial charge in [-0.1, -0.05) is 12.1 Å². The Morgan fingerprint density at radius 2 is 2.12 bits per heavy atom. The fraction of sp³-hybridized carbons (Fsp3) is 0.412. The molecule has 1 aromatic heterocycles. The van der Waals surface area contributed by atoms with Crippen molar-refractivity contribution in [2.75, 3.05) is 25.5 Å². The normalized spacial score (nSPS) is 11.5. The monoisotopic (exact) mass is 349 g/mol. The fourth-order valence-electron chi connectivity index (χ4n) is 2.00. The van der Waals surface area contributed by atoms with E-state index in [-0.39, 0.29) is 5.82 Å². The second kappa shape index (κ2) is 8.63. The number of thiazole rings is 1. The van der Waals surface area contributed by atoms with Crippen LogP contribution in [-0.2, 0) is 13.1 Å². The Balaban J connectivity index is 1.98. The summed E-state index contributed by atoms with van der Waals surface area (Å²) in [5.41, 5.74) is 2.46. The summed E-state index contributed by atoms with van der Waals surface area (Å²) in [6.45, 7) is 5.54. The zero-order chi connectivity index (χ0) is 17.5. The Kier molecular flexibility index (Phi) is 6.54. The van der Waals surface area contributed by atoms with Crippen molar-refractivity contribution in [1.29, 1.82) is 0 Å². The van der Waals surface area contributed by atoms with E-state index in [4.69, 9.17) is 0 Å². The summed E-state index contributed by atoms with van der Waals surface area (Å²) < 4.78 is 13.6. The quantitative estimate of drug-likeness (QED) is 0.622. The lowest BCUT2D eigenvalue weighted by atomic mass is 10.1. The highest BCUT2D eigenvalue weighted by Crippen LogP contribution is 2.17. The molecule has 0 fully saturated rings. The van der Waals surface area contributed by atoms with Crippen LogP contribution in [0.4, 0.5) is 9.52 Å². The van der Waals surface area contributed by atoms with E-state index in [1.807, 2.05) is 37.4 Å². The lowest BCUT2D eigenvalue weighted by Crippen LogP contribution is -2.36. The summed E-state index contributed by atoms with van der Waals surface area (Å²) in [6.07, 6.45) is 0. The molecule has 0 saturated heterocycles. The lowest BCUT2D eigenvalue weighted by Gasteiger charge is -2.10. The van der Waals surface area contributed by atoms with E-state index in [2.05, 4.69) is 20.6 Å². The van der Waals surface area contributed by atoms with Gasteiger partial charge in [-0.3, -0.25) is 0 Å². The van der Waals surface area contributed by atoms with E-state index in [1.54, 1.807) is 24.3 Å².